The van der Waals surface area contributed by atoms with Crippen molar-refractivity contribution in [1.29, 1.82) is 0 Å². The van der Waals surface area contributed by atoms with Crippen molar-refractivity contribution in [2.75, 3.05) is 7.11 Å². The Labute approximate surface area is 81.1 Å². The van der Waals surface area contributed by atoms with Gasteiger partial charge in [0.1, 0.15) is 10.5 Å². The lowest BCUT2D eigenvalue weighted by Crippen LogP contribution is -2.24. The summed E-state index contributed by atoms with van der Waals surface area (Å²) < 4.78 is 4.35. The maximum Gasteiger partial charge on any atom is 0.318 e. The number of hydrogen-bond acceptors (Lipinski definition) is 5. The van der Waals surface area contributed by atoms with Crippen molar-refractivity contribution in [2.45, 2.75) is 16.9 Å². The summed E-state index contributed by atoms with van der Waals surface area (Å²) in [6, 6.07) is 0. The lowest BCUT2D eigenvalue weighted by molar-refractivity contribution is -0.140. The third-order valence-electron chi connectivity index (χ3n) is 1.20. The van der Waals surface area contributed by atoms with Crippen molar-refractivity contribution >= 4 is 37.2 Å². The minimum absolute atomic E-state index is 0.0498. The third-order valence-corrected chi connectivity index (χ3v) is 2.06. The van der Waals surface area contributed by atoms with Gasteiger partial charge in [-0.15, -0.1) is 0 Å². The van der Waals surface area contributed by atoms with Crippen molar-refractivity contribution < 1.29 is 19.4 Å². The fourth-order valence-corrected chi connectivity index (χ4v) is 1.24. The SMILES string of the molecule is COC(=O)C(S)CC(S)C(=O)O. The Morgan fingerprint density at radius 2 is 1.92 bits per heavy atom. The fraction of sp³-hybridized carbons (Fsp3) is 0.667. The number of carbonyl (C=O) groups is 2. The van der Waals surface area contributed by atoms with Crippen LogP contribution in [0.15, 0.2) is 0 Å². The molecule has 0 amide bonds. The molecule has 70 valence electrons. The lowest BCUT2D eigenvalue weighted by Gasteiger charge is -2.09. The van der Waals surface area contributed by atoms with Gasteiger partial charge >= 0.3 is 11.9 Å². The smallest absolute Gasteiger partial charge is 0.318 e. The summed E-state index contributed by atoms with van der Waals surface area (Å²) in [7, 11) is 1.22. The van der Waals surface area contributed by atoms with E-state index >= 15 is 0 Å². The van der Waals surface area contributed by atoms with Gasteiger partial charge in [0.05, 0.1) is 7.11 Å². The van der Waals surface area contributed by atoms with E-state index < -0.39 is 22.4 Å². The van der Waals surface area contributed by atoms with Crippen LogP contribution < -0.4 is 0 Å². The van der Waals surface area contributed by atoms with Crippen LogP contribution in [0.4, 0.5) is 0 Å². The predicted octanol–water partition coefficient (Wildman–Crippen LogP) is 0.231. The molecule has 0 aliphatic heterocycles. The molecule has 0 aliphatic rings. The average Bonchev–Trinajstić information content (AvgIpc) is 2.02. The van der Waals surface area contributed by atoms with Gasteiger partial charge in [-0.3, -0.25) is 9.59 Å². The molecule has 0 saturated carbocycles. The number of rotatable bonds is 4. The Kier molecular flexibility index (Phi) is 5.16. The first-order valence-corrected chi connectivity index (χ1v) is 4.19. The zero-order valence-corrected chi connectivity index (χ0v) is 8.22. The Morgan fingerprint density at radius 1 is 1.42 bits per heavy atom. The van der Waals surface area contributed by atoms with Gasteiger partial charge < -0.3 is 9.84 Å². The summed E-state index contributed by atoms with van der Waals surface area (Å²) in [6.07, 6.45) is 0.0498. The monoisotopic (exact) mass is 210 g/mol. The van der Waals surface area contributed by atoms with E-state index in [1.165, 1.54) is 7.11 Å². The van der Waals surface area contributed by atoms with Crippen LogP contribution in [-0.2, 0) is 14.3 Å². The molecule has 0 rings (SSSR count). The summed E-state index contributed by atoms with van der Waals surface area (Å²) in [5.74, 6) is -1.61. The molecule has 0 aliphatic carbocycles. The molecule has 0 aromatic heterocycles. The van der Waals surface area contributed by atoms with Crippen LogP contribution in [0.1, 0.15) is 6.42 Å². The normalized spacial score (nSPS) is 14.9. The van der Waals surface area contributed by atoms with Crippen LogP contribution in [-0.4, -0.2) is 34.7 Å². The summed E-state index contributed by atoms with van der Waals surface area (Å²) in [5.41, 5.74) is 0. The quantitative estimate of drug-likeness (QED) is 0.459. The Morgan fingerprint density at radius 3 is 2.25 bits per heavy atom. The van der Waals surface area contributed by atoms with Gasteiger partial charge in [0, 0.05) is 0 Å². The van der Waals surface area contributed by atoms with E-state index in [1.54, 1.807) is 0 Å². The largest absolute Gasteiger partial charge is 0.480 e. The van der Waals surface area contributed by atoms with E-state index in [9.17, 15) is 9.59 Å². The van der Waals surface area contributed by atoms with Crippen LogP contribution in [0.25, 0.3) is 0 Å². The second-order valence-electron chi connectivity index (χ2n) is 2.13. The van der Waals surface area contributed by atoms with E-state index in [2.05, 4.69) is 30.0 Å². The standard InChI is InChI=1S/C6H10O4S2/c1-10-6(9)4(12)2-3(11)5(7)8/h3-4,11-12H,2H2,1H3,(H,7,8). The fourth-order valence-electron chi connectivity index (χ4n) is 0.545. The molecule has 2 atom stereocenters. The van der Waals surface area contributed by atoms with Crippen molar-refractivity contribution in [3.63, 3.8) is 0 Å². The molecule has 0 bridgehead atoms. The van der Waals surface area contributed by atoms with E-state index in [0.717, 1.165) is 0 Å². The molecule has 12 heavy (non-hydrogen) atoms. The highest BCUT2D eigenvalue weighted by Gasteiger charge is 2.22. The molecule has 1 N–H and O–H groups in total. The second-order valence-corrected chi connectivity index (χ2v) is 3.38. The molecule has 2 unspecified atom stereocenters. The maximum atomic E-state index is 10.7. The number of carbonyl (C=O) groups excluding carboxylic acids is 1. The number of carboxylic acids is 1. The van der Waals surface area contributed by atoms with E-state index in [1.807, 2.05) is 0 Å². The first-order chi connectivity index (χ1) is 5.49. The van der Waals surface area contributed by atoms with Crippen LogP contribution in [0.5, 0.6) is 0 Å². The molecule has 0 spiro atoms. The average molecular weight is 210 g/mol. The molecule has 0 saturated heterocycles. The van der Waals surface area contributed by atoms with Gasteiger partial charge in [0.2, 0.25) is 0 Å². The number of esters is 1. The first-order valence-electron chi connectivity index (χ1n) is 3.15. The summed E-state index contributed by atoms with van der Waals surface area (Å²) in [6.45, 7) is 0. The zero-order chi connectivity index (χ0) is 9.72. The highest BCUT2D eigenvalue weighted by Crippen LogP contribution is 2.11. The molecular weight excluding hydrogens is 200 g/mol. The summed E-state index contributed by atoms with van der Waals surface area (Å²) >= 11 is 7.59. The van der Waals surface area contributed by atoms with Crippen LogP contribution in [0, 0.1) is 0 Å². The molecular formula is C6H10O4S2. The number of aliphatic carboxylic acids is 1. The molecule has 0 heterocycles. The van der Waals surface area contributed by atoms with Gasteiger partial charge in [0.25, 0.3) is 0 Å². The first kappa shape index (κ1) is 11.6. The maximum absolute atomic E-state index is 10.7. The van der Waals surface area contributed by atoms with Gasteiger partial charge in [0.15, 0.2) is 0 Å². The van der Waals surface area contributed by atoms with Crippen LogP contribution in [0.3, 0.4) is 0 Å². The van der Waals surface area contributed by atoms with E-state index in [0.29, 0.717) is 0 Å². The zero-order valence-electron chi connectivity index (χ0n) is 6.43. The molecule has 0 radical (unpaired) electrons. The molecule has 4 nitrogen and oxygen atoms in total. The third kappa shape index (κ3) is 3.87. The van der Waals surface area contributed by atoms with Crippen molar-refractivity contribution in [3.05, 3.63) is 0 Å². The number of hydrogen-bond donors (Lipinski definition) is 3. The van der Waals surface area contributed by atoms with E-state index in [-0.39, 0.29) is 6.42 Å². The minimum Gasteiger partial charge on any atom is -0.480 e. The summed E-state index contributed by atoms with van der Waals surface area (Å²) in [4.78, 5) is 21.0. The number of methoxy groups -OCH3 is 1. The highest BCUT2D eigenvalue weighted by molar-refractivity contribution is 7.82. The Bertz CT molecular complexity index is 182. The molecule has 6 heteroatoms. The van der Waals surface area contributed by atoms with Crippen molar-refractivity contribution in [2.24, 2.45) is 0 Å². The van der Waals surface area contributed by atoms with E-state index in [4.69, 9.17) is 5.11 Å². The Balaban J connectivity index is 3.91. The van der Waals surface area contributed by atoms with Crippen molar-refractivity contribution in [1.82, 2.24) is 0 Å². The number of thiol groups is 2. The number of carboxylic acid groups (broad SMARTS) is 1. The van der Waals surface area contributed by atoms with Gasteiger partial charge in [-0.05, 0) is 6.42 Å². The molecule has 0 aromatic rings. The minimum atomic E-state index is -1.07. The van der Waals surface area contributed by atoms with Crippen LogP contribution >= 0.6 is 25.3 Å². The lowest BCUT2D eigenvalue weighted by atomic mass is 10.2. The van der Waals surface area contributed by atoms with Gasteiger partial charge in [-0.2, -0.15) is 25.3 Å². The second kappa shape index (κ2) is 5.31. The van der Waals surface area contributed by atoms with Gasteiger partial charge in [-0.1, -0.05) is 0 Å². The molecule has 0 aromatic carbocycles. The number of ether oxygens (including phenoxy) is 1. The topological polar surface area (TPSA) is 63.6 Å². The highest BCUT2D eigenvalue weighted by atomic mass is 32.1. The molecule has 0 fully saturated rings. The predicted molar refractivity (Wildman–Crippen MR) is 49.8 cm³/mol. The summed E-state index contributed by atoms with van der Waals surface area (Å²) in [5, 5.41) is 6.81. The van der Waals surface area contributed by atoms with Crippen LogP contribution in [0.2, 0.25) is 0 Å². The van der Waals surface area contributed by atoms with Gasteiger partial charge in [-0.25, -0.2) is 0 Å². The van der Waals surface area contributed by atoms with Crippen molar-refractivity contribution in [3.8, 4) is 0 Å². The Hall–Kier alpha value is -0.360.